The van der Waals surface area contributed by atoms with Crippen molar-refractivity contribution in [3.8, 4) is 11.3 Å². The molecule has 4 heterocycles. The minimum Gasteiger partial charge on any atom is -0.391 e. The first-order valence-corrected chi connectivity index (χ1v) is 11.0. The number of aliphatic hydroxyl groups excluding tert-OH is 1. The molecule has 1 aliphatic heterocycles. The highest BCUT2D eigenvalue weighted by molar-refractivity contribution is 5.86. The average molecular weight is 433 g/mol. The van der Waals surface area contributed by atoms with Gasteiger partial charge in [0.2, 0.25) is 5.91 Å². The molecule has 3 aromatic heterocycles. The van der Waals surface area contributed by atoms with Crippen molar-refractivity contribution in [3.05, 3.63) is 48.0 Å². The number of nitrogens with zero attached hydrogens (tertiary/aromatic N) is 4. The number of aromatic amines is 1. The van der Waals surface area contributed by atoms with E-state index in [-0.39, 0.29) is 11.9 Å². The van der Waals surface area contributed by atoms with Gasteiger partial charge in [-0.2, -0.15) is 0 Å². The minimum atomic E-state index is -0.564. The highest BCUT2D eigenvalue weighted by Gasteiger charge is 2.37. The van der Waals surface area contributed by atoms with Crippen molar-refractivity contribution in [3.63, 3.8) is 0 Å². The maximum Gasteiger partial charge on any atom is 0.220 e. The van der Waals surface area contributed by atoms with Gasteiger partial charge >= 0.3 is 0 Å². The van der Waals surface area contributed by atoms with Gasteiger partial charge < -0.3 is 20.3 Å². The van der Waals surface area contributed by atoms with E-state index < -0.39 is 6.10 Å². The predicted octanol–water partition coefficient (Wildman–Crippen LogP) is 3.66. The highest BCUT2D eigenvalue weighted by Crippen LogP contribution is 2.37. The number of likely N-dealkylation sites (tertiary alicyclic amines) is 1. The zero-order valence-corrected chi connectivity index (χ0v) is 18.8. The van der Waals surface area contributed by atoms with E-state index in [1.54, 1.807) is 11.8 Å². The normalized spacial score (nSPS) is 18.9. The molecular formula is C24H28N6O2. The number of aryl methyl sites for hydroxylation is 1. The molecule has 1 amide bonds. The van der Waals surface area contributed by atoms with Crippen LogP contribution < -0.4 is 5.32 Å². The predicted molar refractivity (Wildman–Crippen MR) is 125 cm³/mol. The van der Waals surface area contributed by atoms with E-state index in [0.717, 1.165) is 45.0 Å². The molecular weight excluding hydrogens is 404 g/mol. The molecule has 0 radical (unpaired) electrons. The number of hydrogen-bond donors (Lipinski definition) is 3. The second-order valence-electron chi connectivity index (χ2n) is 8.92. The fourth-order valence-corrected chi connectivity index (χ4v) is 4.71. The summed E-state index contributed by atoms with van der Waals surface area (Å²) in [6, 6.07) is 8.25. The van der Waals surface area contributed by atoms with Crippen LogP contribution in [0.1, 0.15) is 44.6 Å². The number of aromatic nitrogens is 4. The van der Waals surface area contributed by atoms with Crippen molar-refractivity contribution in [1.29, 1.82) is 0 Å². The SMILES string of the molecule is CC(=O)N1C[C@H](O)CC1c1nc(-c2ccc(NC(C)C)cc2)c2cnc3[nH]cc(C)c3n12. The number of nitrogens with one attached hydrogen (secondary N) is 2. The molecule has 5 rings (SSSR count). The van der Waals surface area contributed by atoms with Crippen LogP contribution in [0.3, 0.4) is 0 Å². The van der Waals surface area contributed by atoms with Crippen LogP contribution in [0.2, 0.25) is 0 Å². The molecule has 1 aliphatic rings. The summed E-state index contributed by atoms with van der Waals surface area (Å²) in [5.41, 5.74) is 6.48. The Hall–Kier alpha value is -3.39. The molecule has 0 aliphatic carbocycles. The van der Waals surface area contributed by atoms with E-state index in [1.807, 2.05) is 19.3 Å². The molecule has 0 saturated carbocycles. The Morgan fingerprint density at radius 1 is 1.28 bits per heavy atom. The maximum absolute atomic E-state index is 12.3. The summed E-state index contributed by atoms with van der Waals surface area (Å²) >= 11 is 0. The molecule has 1 saturated heterocycles. The number of β-amino-alcohol motifs (C(OH)–C–C–N with tert-alkyl or cyclic N) is 1. The van der Waals surface area contributed by atoms with Crippen molar-refractivity contribution in [2.75, 3.05) is 11.9 Å². The largest absolute Gasteiger partial charge is 0.391 e. The van der Waals surface area contributed by atoms with Crippen LogP contribution in [0, 0.1) is 6.92 Å². The van der Waals surface area contributed by atoms with Gasteiger partial charge in [-0.15, -0.1) is 0 Å². The lowest BCUT2D eigenvalue weighted by Gasteiger charge is -2.22. The van der Waals surface area contributed by atoms with E-state index in [2.05, 4.69) is 57.8 Å². The molecule has 1 fully saturated rings. The Morgan fingerprint density at radius 2 is 2.03 bits per heavy atom. The van der Waals surface area contributed by atoms with Crippen LogP contribution in [0.15, 0.2) is 36.7 Å². The van der Waals surface area contributed by atoms with Gasteiger partial charge in [0.15, 0.2) is 5.65 Å². The third-order valence-electron chi connectivity index (χ3n) is 6.10. The molecule has 1 aromatic carbocycles. The molecule has 32 heavy (non-hydrogen) atoms. The Kier molecular flexibility index (Phi) is 4.89. The molecule has 0 spiro atoms. The molecule has 166 valence electrons. The lowest BCUT2D eigenvalue weighted by atomic mass is 10.1. The van der Waals surface area contributed by atoms with Gasteiger partial charge in [0.1, 0.15) is 5.82 Å². The van der Waals surface area contributed by atoms with Gasteiger partial charge in [-0.25, -0.2) is 9.97 Å². The quantitative estimate of drug-likeness (QED) is 0.457. The molecule has 0 bridgehead atoms. The number of fused-ring (bicyclic) bond motifs is 3. The summed E-state index contributed by atoms with van der Waals surface area (Å²) in [4.78, 5) is 27.0. The third kappa shape index (κ3) is 3.31. The zero-order valence-electron chi connectivity index (χ0n) is 18.8. The van der Waals surface area contributed by atoms with Gasteiger partial charge in [-0.05, 0) is 38.5 Å². The van der Waals surface area contributed by atoms with Crippen molar-refractivity contribution >= 4 is 28.3 Å². The Balaban J connectivity index is 1.73. The summed E-state index contributed by atoms with van der Waals surface area (Å²) in [6.45, 7) is 8.11. The summed E-state index contributed by atoms with van der Waals surface area (Å²) in [6.07, 6.45) is 3.65. The van der Waals surface area contributed by atoms with Crippen LogP contribution in [-0.4, -0.2) is 54.0 Å². The van der Waals surface area contributed by atoms with Gasteiger partial charge in [0, 0.05) is 43.4 Å². The van der Waals surface area contributed by atoms with Gasteiger partial charge in [-0.1, -0.05) is 12.1 Å². The monoisotopic (exact) mass is 432 g/mol. The molecule has 8 nitrogen and oxygen atoms in total. The third-order valence-corrected chi connectivity index (χ3v) is 6.10. The first kappa shape index (κ1) is 20.5. The number of carbonyl (C=O) groups is 1. The first-order valence-electron chi connectivity index (χ1n) is 11.0. The van der Waals surface area contributed by atoms with Crippen molar-refractivity contribution in [2.45, 2.75) is 52.3 Å². The number of imidazole rings is 1. The van der Waals surface area contributed by atoms with Crippen LogP contribution in [0.25, 0.3) is 27.9 Å². The number of hydrogen-bond acceptors (Lipinski definition) is 5. The van der Waals surface area contributed by atoms with E-state index in [1.165, 1.54) is 0 Å². The highest BCUT2D eigenvalue weighted by atomic mass is 16.3. The maximum atomic E-state index is 12.3. The number of H-pyrrole nitrogens is 1. The molecule has 1 unspecified atom stereocenters. The molecule has 3 N–H and O–H groups in total. The fraction of sp³-hybridized carbons (Fsp3) is 0.375. The van der Waals surface area contributed by atoms with Crippen molar-refractivity contribution in [1.82, 2.24) is 24.3 Å². The Morgan fingerprint density at radius 3 is 2.72 bits per heavy atom. The number of amides is 1. The number of carbonyl (C=O) groups excluding carboxylic acids is 1. The van der Waals surface area contributed by atoms with Gasteiger partial charge in [0.25, 0.3) is 0 Å². The van der Waals surface area contributed by atoms with E-state index in [4.69, 9.17) is 4.98 Å². The Bertz CT molecular complexity index is 1300. The van der Waals surface area contributed by atoms with E-state index >= 15 is 0 Å². The van der Waals surface area contributed by atoms with Crippen molar-refractivity contribution in [2.24, 2.45) is 0 Å². The fourth-order valence-electron chi connectivity index (χ4n) is 4.71. The number of anilines is 1. The smallest absolute Gasteiger partial charge is 0.220 e. The number of rotatable bonds is 4. The van der Waals surface area contributed by atoms with Crippen LogP contribution in [0.4, 0.5) is 5.69 Å². The summed E-state index contributed by atoms with van der Waals surface area (Å²) in [7, 11) is 0. The van der Waals surface area contributed by atoms with Crippen LogP contribution in [0.5, 0.6) is 0 Å². The summed E-state index contributed by atoms with van der Waals surface area (Å²) in [5, 5.41) is 13.8. The second-order valence-corrected chi connectivity index (χ2v) is 8.92. The minimum absolute atomic E-state index is 0.0648. The molecule has 4 aromatic rings. The Labute approximate surface area is 186 Å². The van der Waals surface area contributed by atoms with Gasteiger partial charge in [0.05, 0.1) is 35.1 Å². The number of benzene rings is 1. The van der Waals surface area contributed by atoms with Crippen LogP contribution in [-0.2, 0) is 4.79 Å². The standard InChI is InChI=1S/C24H28N6O2/c1-13(2)27-17-7-5-16(6-8-17)21-20-11-26-23-22(14(3)10-25-23)30(20)24(28-21)19-9-18(32)12-29(19)15(4)31/h5-8,10-11,13,18-19,25,27,32H,9,12H2,1-4H3/t18-,19?/m1/s1. The van der Waals surface area contributed by atoms with Gasteiger partial charge in [-0.3, -0.25) is 9.20 Å². The lowest BCUT2D eigenvalue weighted by molar-refractivity contribution is -0.130. The zero-order chi connectivity index (χ0) is 22.6. The lowest BCUT2D eigenvalue weighted by Crippen LogP contribution is -2.30. The summed E-state index contributed by atoms with van der Waals surface area (Å²) in [5.74, 6) is 0.686. The summed E-state index contributed by atoms with van der Waals surface area (Å²) < 4.78 is 2.10. The topological polar surface area (TPSA) is 98.6 Å². The molecule has 2 atom stereocenters. The van der Waals surface area contributed by atoms with Crippen molar-refractivity contribution < 1.29 is 9.90 Å². The molecule has 8 heteroatoms. The second kappa shape index (κ2) is 7.63. The average Bonchev–Trinajstić information content (AvgIpc) is 3.43. The van der Waals surface area contributed by atoms with E-state index in [9.17, 15) is 9.90 Å². The van der Waals surface area contributed by atoms with E-state index in [0.29, 0.717) is 19.0 Å². The number of aliphatic hydroxyl groups is 1. The first-order chi connectivity index (χ1) is 15.3. The van der Waals surface area contributed by atoms with Crippen LogP contribution >= 0.6 is 0 Å².